The molecule has 0 bridgehead atoms. The minimum atomic E-state index is -2.18. The number of hydrogen-bond acceptors (Lipinski definition) is 5. The topological polar surface area (TPSA) is 66.7 Å². The molecule has 0 radical (unpaired) electrons. The highest BCUT2D eigenvalue weighted by molar-refractivity contribution is 7.85. The van der Waals surface area contributed by atoms with Gasteiger partial charge in [0.15, 0.2) is 17.4 Å². The number of carbonyl (C=O) groups is 2. The molecule has 110 valence electrons. The minimum Gasteiger partial charge on any atom is -0.480 e. The number of nitrogens with zero attached hydrogens (tertiary/aromatic N) is 1. The van der Waals surface area contributed by atoms with Gasteiger partial charge >= 0.3 is 5.97 Å². The molecule has 1 aliphatic carbocycles. The third-order valence-electron chi connectivity index (χ3n) is 3.82. The normalized spacial score (nSPS) is 33.7. The fraction of sp³-hybridized carbons (Fsp3) is 0.308. The lowest BCUT2D eigenvalue weighted by atomic mass is 9.67. The summed E-state index contributed by atoms with van der Waals surface area (Å²) in [6, 6.07) is 1.60. The van der Waals surface area contributed by atoms with Crippen LogP contribution in [0.3, 0.4) is 0 Å². The highest BCUT2D eigenvalue weighted by Gasteiger charge is 2.63. The number of carboxylic acids is 1. The Kier molecular flexibility index (Phi) is 2.82. The van der Waals surface area contributed by atoms with Crippen molar-refractivity contribution in [3.63, 3.8) is 0 Å². The summed E-state index contributed by atoms with van der Waals surface area (Å²) < 4.78 is 24.7. The van der Waals surface area contributed by atoms with E-state index in [1.807, 2.05) is 0 Å². The maximum atomic E-state index is 13.5. The molecule has 1 aromatic rings. The van der Waals surface area contributed by atoms with Crippen LogP contribution in [0.25, 0.3) is 0 Å². The number of carboxylic acid groups (broad SMARTS) is 1. The van der Waals surface area contributed by atoms with Crippen LogP contribution in [0.4, 0.5) is 8.78 Å². The van der Waals surface area contributed by atoms with Gasteiger partial charge in [0, 0.05) is 5.56 Å². The zero-order valence-electron chi connectivity index (χ0n) is 10.6. The van der Waals surface area contributed by atoms with Crippen LogP contribution in [0, 0.1) is 11.6 Å². The fourth-order valence-corrected chi connectivity index (χ4v) is 3.48. The van der Waals surface area contributed by atoms with Crippen molar-refractivity contribution in [2.45, 2.75) is 22.5 Å². The summed E-state index contributed by atoms with van der Waals surface area (Å²) in [6.07, 6.45) is 0. The Morgan fingerprint density at radius 3 is 2.43 bits per heavy atom. The molecule has 1 heterocycles. The van der Waals surface area contributed by atoms with Crippen molar-refractivity contribution >= 4 is 42.7 Å². The zero-order chi connectivity index (χ0) is 15.7. The van der Waals surface area contributed by atoms with Gasteiger partial charge in [0.1, 0.15) is 4.87 Å². The quantitative estimate of drug-likeness (QED) is 0.546. The van der Waals surface area contributed by atoms with Crippen LogP contribution in [-0.4, -0.2) is 32.2 Å². The number of aliphatic carboxylic acids is 1. The van der Waals surface area contributed by atoms with Crippen LogP contribution in [0.5, 0.6) is 0 Å². The van der Waals surface area contributed by atoms with Gasteiger partial charge in [-0.15, -0.1) is 25.3 Å². The number of aliphatic imine (C=N–C) groups is 1. The van der Waals surface area contributed by atoms with E-state index in [0.717, 1.165) is 6.07 Å². The molecule has 0 saturated heterocycles. The van der Waals surface area contributed by atoms with Gasteiger partial charge in [-0.3, -0.25) is 9.79 Å². The van der Waals surface area contributed by atoms with E-state index in [1.54, 1.807) is 6.92 Å². The number of carbonyl (C=O) groups excluding carboxylic acids is 1. The van der Waals surface area contributed by atoms with Crippen LogP contribution in [0.2, 0.25) is 0 Å². The highest BCUT2D eigenvalue weighted by atomic mass is 32.1. The predicted octanol–water partition coefficient (Wildman–Crippen LogP) is 2.10. The average molecular weight is 329 g/mol. The second-order valence-corrected chi connectivity index (χ2v) is 6.80. The molecule has 0 aromatic heterocycles. The van der Waals surface area contributed by atoms with Crippen molar-refractivity contribution in [2.24, 2.45) is 4.99 Å². The average Bonchev–Trinajstić information content (AvgIpc) is 2.37. The van der Waals surface area contributed by atoms with Crippen LogP contribution in [0.15, 0.2) is 17.1 Å². The maximum Gasteiger partial charge on any atom is 0.333 e. The van der Waals surface area contributed by atoms with Gasteiger partial charge in [0.2, 0.25) is 4.75 Å². The monoisotopic (exact) mass is 329 g/mol. The van der Waals surface area contributed by atoms with E-state index >= 15 is 0 Å². The second kappa shape index (κ2) is 4.07. The Hall–Kier alpha value is -1.41. The van der Waals surface area contributed by atoms with Gasteiger partial charge < -0.3 is 5.11 Å². The summed E-state index contributed by atoms with van der Waals surface area (Å²) in [5, 5.41) is 9.34. The van der Waals surface area contributed by atoms with E-state index in [9.17, 15) is 23.5 Å². The Morgan fingerprint density at radius 2 is 1.90 bits per heavy atom. The molecule has 3 rings (SSSR count). The number of benzene rings is 1. The molecule has 3 atom stereocenters. The van der Waals surface area contributed by atoms with E-state index in [-0.39, 0.29) is 16.8 Å². The molecular formula is C13H9F2NO3S2. The zero-order valence-corrected chi connectivity index (χ0v) is 12.4. The third kappa shape index (κ3) is 1.66. The van der Waals surface area contributed by atoms with E-state index in [0.29, 0.717) is 6.07 Å². The molecule has 2 aliphatic rings. The van der Waals surface area contributed by atoms with E-state index in [2.05, 4.69) is 30.2 Å². The SMILES string of the molecule is CC1(S)N=C2C1c1cc(F)c(F)cc1C(=O)C2(S)C(=O)O. The van der Waals surface area contributed by atoms with Crippen molar-refractivity contribution < 1.29 is 23.5 Å². The van der Waals surface area contributed by atoms with Crippen LogP contribution in [0.1, 0.15) is 28.8 Å². The number of halogens is 2. The summed E-state index contributed by atoms with van der Waals surface area (Å²) >= 11 is 8.26. The van der Waals surface area contributed by atoms with Gasteiger partial charge in [-0.1, -0.05) is 0 Å². The Morgan fingerprint density at radius 1 is 1.33 bits per heavy atom. The van der Waals surface area contributed by atoms with E-state index in [4.69, 9.17) is 0 Å². The molecule has 21 heavy (non-hydrogen) atoms. The number of ketones is 1. The molecule has 8 heteroatoms. The van der Waals surface area contributed by atoms with E-state index in [1.165, 1.54) is 0 Å². The van der Waals surface area contributed by atoms with Gasteiger partial charge in [0.05, 0.1) is 11.6 Å². The lowest BCUT2D eigenvalue weighted by molar-refractivity contribution is -0.136. The van der Waals surface area contributed by atoms with Crippen molar-refractivity contribution in [3.05, 3.63) is 34.9 Å². The largest absolute Gasteiger partial charge is 0.480 e. The summed E-state index contributed by atoms with van der Waals surface area (Å²) in [4.78, 5) is 26.9. The molecule has 4 nitrogen and oxygen atoms in total. The molecule has 1 N–H and O–H groups in total. The minimum absolute atomic E-state index is 0.000610. The predicted molar refractivity (Wildman–Crippen MR) is 77.6 cm³/mol. The van der Waals surface area contributed by atoms with Crippen LogP contribution < -0.4 is 0 Å². The molecule has 0 fully saturated rings. The molecule has 0 spiro atoms. The number of fused-ring (bicyclic) bond motifs is 3. The number of Topliss-reactive ketones (excluding diaryl/α,β-unsaturated/α-hetero) is 1. The summed E-state index contributed by atoms with van der Waals surface area (Å²) in [7, 11) is 0. The molecular weight excluding hydrogens is 320 g/mol. The molecule has 0 amide bonds. The van der Waals surface area contributed by atoms with Gasteiger partial charge in [-0.05, 0) is 24.6 Å². The van der Waals surface area contributed by atoms with Crippen molar-refractivity contribution in [1.29, 1.82) is 0 Å². The van der Waals surface area contributed by atoms with E-state index < -0.39 is 38.9 Å². The number of hydrogen-bond donors (Lipinski definition) is 3. The van der Waals surface area contributed by atoms with Crippen LogP contribution in [-0.2, 0) is 4.79 Å². The smallest absolute Gasteiger partial charge is 0.333 e. The van der Waals surface area contributed by atoms with Crippen LogP contribution >= 0.6 is 25.3 Å². The Balaban J connectivity index is 2.35. The maximum absolute atomic E-state index is 13.5. The van der Waals surface area contributed by atoms with Gasteiger partial charge in [-0.25, -0.2) is 13.6 Å². The first-order valence-electron chi connectivity index (χ1n) is 5.92. The van der Waals surface area contributed by atoms with Crippen molar-refractivity contribution in [3.8, 4) is 0 Å². The summed E-state index contributed by atoms with van der Waals surface area (Å²) in [5.41, 5.74) is -0.0121. The second-order valence-electron chi connectivity index (χ2n) is 5.22. The Bertz CT molecular complexity index is 747. The number of thiol groups is 2. The number of rotatable bonds is 1. The standard InChI is InChI=1S/C13H9F2NO3S2/c1-12(20)8-4-2-6(14)7(15)3-5(4)10(17)13(21,11(18)19)9(8)16-12/h2-3,8,20-21H,1H3,(H,18,19). The first kappa shape index (κ1) is 14.5. The fourth-order valence-electron chi connectivity index (χ4n) is 2.81. The van der Waals surface area contributed by atoms with Gasteiger partial charge in [0.25, 0.3) is 0 Å². The summed E-state index contributed by atoms with van der Waals surface area (Å²) in [5.74, 6) is -5.47. The first-order chi connectivity index (χ1) is 9.60. The summed E-state index contributed by atoms with van der Waals surface area (Å²) in [6.45, 7) is 1.60. The lowest BCUT2D eigenvalue weighted by Crippen LogP contribution is -2.62. The van der Waals surface area contributed by atoms with Gasteiger partial charge in [-0.2, -0.15) is 0 Å². The van der Waals surface area contributed by atoms with Crippen molar-refractivity contribution in [1.82, 2.24) is 0 Å². The molecule has 3 unspecified atom stereocenters. The Labute approximate surface area is 129 Å². The first-order valence-corrected chi connectivity index (χ1v) is 6.82. The lowest BCUT2D eigenvalue weighted by Gasteiger charge is -2.49. The molecule has 0 saturated carbocycles. The third-order valence-corrected chi connectivity index (χ3v) is 4.81. The molecule has 1 aliphatic heterocycles. The highest BCUT2D eigenvalue weighted by Crippen LogP contribution is 2.53. The molecule has 1 aromatic carbocycles. The van der Waals surface area contributed by atoms with Crippen molar-refractivity contribution in [2.75, 3.05) is 0 Å².